The number of rotatable bonds is 5. The van der Waals surface area contributed by atoms with Gasteiger partial charge >= 0.3 is 0 Å². The molecule has 4 heteroatoms. The van der Waals surface area contributed by atoms with Crippen molar-refractivity contribution in [3.8, 4) is 17.6 Å². The van der Waals surface area contributed by atoms with E-state index in [1.165, 1.54) is 0 Å². The van der Waals surface area contributed by atoms with Crippen LogP contribution < -0.4 is 4.74 Å². The van der Waals surface area contributed by atoms with Crippen molar-refractivity contribution in [2.45, 2.75) is 19.9 Å². The average molecular weight is 270 g/mol. The fraction of sp³-hybridized carbons (Fsp3) is 0.312. The number of aliphatic hydroxyl groups excluding tert-OH is 1. The Morgan fingerprint density at radius 2 is 2.30 bits per heavy atom. The fourth-order valence-electron chi connectivity index (χ4n) is 1.93. The largest absolute Gasteiger partial charge is 0.492 e. The topological polar surface area (TPSA) is 47.3 Å². The number of ether oxygens (including phenoxy) is 1. The Bertz CT molecular complexity index is 608. The molecule has 1 heterocycles. The molecule has 0 atom stereocenters. The van der Waals surface area contributed by atoms with Crippen molar-refractivity contribution >= 4 is 0 Å². The molecule has 0 amide bonds. The van der Waals surface area contributed by atoms with Gasteiger partial charge in [0.2, 0.25) is 0 Å². The Balaban J connectivity index is 1.91. The van der Waals surface area contributed by atoms with Crippen LogP contribution in [-0.2, 0) is 13.0 Å². The van der Waals surface area contributed by atoms with Crippen molar-refractivity contribution in [1.82, 2.24) is 9.55 Å². The number of aromatic nitrogens is 2. The molecule has 0 saturated heterocycles. The SMILES string of the molecule is CCc1nccn1CCOc1cccc(C#CCO)c1. The van der Waals surface area contributed by atoms with Gasteiger partial charge in [0.1, 0.15) is 24.8 Å². The predicted molar refractivity (Wildman–Crippen MR) is 77.5 cm³/mol. The standard InChI is InChI=1S/C16H18N2O2/c1-2-16-17-8-9-18(16)10-12-20-15-7-3-5-14(13-15)6-4-11-19/h3,5,7-9,13,19H,2,10-12H2,1H3. The lowest BCUT2D eigenvalue weighted by Crippen LogP contribution is -2.10. The first kappa shape index (κ1) is 14.2. The minimum Gasteiger partial charge on any atom is -0.492 e. The van der Waals surface area contributed by atoms with Gasteiger partial charge < -0.3 is 14.4 Å². The van der Waals surface area contributed by atoms with Crippen LogP contribution in [0.25, 0.3) is 0 Å². The monoisotopic (exact) mass is 270 g/mol. The summed E-state index contributed by atoms with van der Waals surface area (Å²) in [5, 5.41) is 8.68. The van der Waals surface area contributed by atoms with Crippen molar-refractivity contribution in [3.63, 3.8) is 0 Å². The van der Waals surface area contributed by atoms with Gasteiger partial charge in [0.25, 0.3) is 0 Å². The zero-order valence-electron chi connectivity index (χ0n) is 11.5. The smallest absolute Gasteiger partial charge is 0.120 e. The Labute approximate surface area is 119 Å². The molecule has 0 radical (unpaired) electrons. The summed E-state index contributed by atoms with van der Waals surface area (Å²) in [6, 6.07) is 7.56. The fourth-order valence-corrected chi connectivity index (χ4v) is 1.93. The van der Waals surface area contributed by atoms with Crippen molar-refractivity contribution in [2.75, 3.05) is 13.2 Å². The van der Waals surface area contributed by atoms with Crippen LogP contribution in [-0.4, -0.2) is 27.9 Å². The van der Waals surface area contributed by atoms with Gasteiger partial charge in [0.05, 0.1) is 6.54 Å². The highest BCUT2D eigenvalue weighted by atomic mass is 16.5. The van der Waals surface area contributed by atoms with Crippen LogP contribution in [0.5, 0.6) is 5.75 Å². The van der Waals surface area contributed by atoms with E-state index in [4.69, 9.17) is 9.84 Å². The molecule has 0 unspecified atom stereocenters. The molecule has 4 nitrogen and oxygen atoms in total. The number of aryl methyl sites for hydroxylation is 1. The third kappa shape index (κ3) is 3.87. The molecule has 2 rings (SSSR count). The summed E-state index contributed by atoms with van der Waals surface area (Å²) in [4.78, 5) is 4.27. The average Bonchev–Trinajstić information content (AvgIpc) is 2.93. The lowest BCUT2D eigenvalue weighted by Gasteiger charge is -2.09. The number of benzene rings is 1. The zero-order chi connectivity index (χ0) is 14.2. The Morgan fingerprint density at radius 3 is 3.10 bits per heavy atom. The van der Waals surface area contributed by atoms with Crippen molar-refractivity contribution in [3.05, 3.63) is 48.0 Å². The second-order valence-electron chi connectivity index (χ2n) is 4.23. The molecular weight excluding hydrogens is 252 g/mol. The maximum Gasteiger partial charge on any atom is 0.120 e. The number of hydrogen-bond donors (Lipinski definition) is 1. The van der Waals surface area contributed by atoms with Gasteiger partial charge in [-0.05, 0) is 18.2 Å². The van der Waals surface area contributed by atoms with Crippen LogP contribution in [0.4, 0.5) is 0 Å². The predicted octanol–water partition coefficient (Wildman–Crippen LogP) is 1.87. The van der Waals surface area contributed by atoms with E-state index in [1.807, 2.05) is 36.7 Å². The molecule has 0 fully saturated rings. The maximum absolute atomic E-state index is 8.68. The third-order valence-electron chi connectivity index (χ3n) is 2.86. The van der Waals surface area contributed by atoms with Crippen molar-refractivity contribution in [2.24, 2.45) is 0 Å². The van der Waals surface area contributed by atoms with Gasteiger partial charge in [-0.1, -0.05) is 24.8 Å². The van der Waals surface area contributed by atoms with Crippen LogP contribution in [0, 0.1) is 11.8 Å². The van der Waals surface area contributed by atoms with E-state index in [-0.39, 0.29) is 6.61 Å². The molecule has 0 aliphatic heterocycles. The van der Waals surface area contributed by atoms with Gasteiger partial charge in [-0.25, -0.2) is 4.98 Å². The quantitative estimate of drug-likeness (QED) is 0.844. The third-order valence-corrected chi connectivity index (χ3v) is 2.86. The molecular formula is C16H18N2O2. The van der Waals surface area contributed by atoms with E-state index >= 15 is 0 Å². The molecule has 104 valence electrons. The van der Waals surface area contributed by atoms with Gasteiger partial charge in [0.15, 0.2) is 0 Å². The first-order valence-corrected chi connectivity index (χ1v) is 6.66. The van der Waals surface area contributed by atoms with Crippen LogP contribution in [0.15, 0.2) is 36.7 Å². The van der Waals surface area contributed by atoms with E-state index < -0.39 is 0 Å². The normalized spacial score (nSPS) is 9.90. The molecule has 20 heavy (non-hydrogen) atoms. The van der Waals surface area contributed by atoms with Crippen molar-refractivity contribution in [1.29, 1.82) is 0 Å². The first-order valence-electron chi connectivity index (χ1n) is 6.66. The summed E-state index contributed by atoms with van der Waals surface area (Å²) < 4.78 is 7.81. The minimum absolute atomic E-state index is 0.133. The lowest BCUT2D eigenvalue weighted by atomic mass is 10.2. The van der Waals surface area contributed by atoms with Gasteiger partial charge in [-0.3, -0.25) is 0 Å². The first-order chi connectivity index (χ1) is 9.83. The van der Waals surface area contributed by atoms with E-state index in [9.17, 15) is 0 Å². The Morgan fingerprint density at radius 1 is 1.40 bits per heavy atom. The highest BCUT2D eigenvalue weighted by Crippen LogP contribution is 2.12. The summed E-state index contributed by atoms with van der Waals surface area (Å²) in [5.74, 6) is 7.34. The van der Waals surface area contributed by atoms with Crippen LogP contribution in [0.1, 0.15) is 18.3 Å². The second kappa shape index (κ2) is 7.37. The Hall–Kier alpha value is -2.25. The summed E-state index contributed by atoms with van der Waals surface area (Å²) in [7, 11) is 0. The zero-order valence-corrected chi connectivity index (χ0v) is 11.5. The van der Waals surface area contributed by atoms with Crippen LogP contribution in [0.3, 0.4) is 0 Å². The van der Waals surface area contributed by atoms with E-state index in [0.29, 0.717) is 6.61 Å². The van der Waals surface area contributed by atoms with Crippen LogP contribution >= 0.6 is 0 Å². The van der Waals surface area contributed by atoms with Crippen molar-refractivity contribution < 1.29 is 9.84 Å². The lowest BCUT2D eigenvalue weighted by molar-refractivity contribution is 0.296. The molecule has 0 spiro atoms. The van der Waals surface area contributed by atoms with Gasteiger partial charge in [0, 0.05) is 24.4 Å². The minimum atomic E-state index is -0.133. The molecule has 1 aromatic carbocycles. The number of imidazole rings is 1. The van der Waals surface area contributed by atoms with E-state index in [1.54, 1.807) is 0 Å². The summed E-state index contributed by atoms with van der Waals surface area (Å²) in [6.07, 6.45) is 4.69. The number of aliphatic hydroxyl groups is 1. The van der Waals surface area contributed by atoms with Crippen LogP contribution in [0.2, 0.25) is 0 Å². The maximum atomic E-state index is 8.68. The summed E-state index contributed by atoms with van der Waals surface area (Å²) in [6.45, 7) is 3.31. The molecule has 1 aromatic heterocycles. The highest BCUT2D eigenvalue weighted by molar-refractivity contribution is 5.39. The molecule has 0 aliphatic rings. The second-order valence-corrected chi connectivity index (χ2v) is 4.23. The van der Waals surface area contributed by atoms with E-state index in [0.717, 1.165) is 30.1 Å². The number of nitrogens with zero attached hydrogens (tertiary/aromatic N) is 2. The summed E-state index contributed by atoms with van der Waals surface area (Å²) >= 11 is 0. The molecule has 0 aliphatic carbocycles. The molecule has 1 N–H and O–H groups in total. The Kier molecular flexibility index (Phi) is 5.22. The van der Waals surface area contributed by atoms with Gasteiger partial charge in [-0.15, -0.1) is 0 Å². The van der Waals surface area contributed by atoms with E-state index in [2.05, 4.69) is 28.3 Å². The molecule has 0 bridgehead atoms. The highest BCUT2D eigenvalue weighted by Gasteiger charge is 2.00. The summed E-state index contributed by atoms with van der Waals surface area (Å²) in [5.41, 5.74) is 0.841. The van der Waals surface area contributed by atoms with Gasteiger partial charge in [-0.2, -0.15) is 0 Å². The molecule has 0 saturated carbocycles. The molecule has 2 aromatic rings. The number of hydrogen-bond acceptors (Lipinski definition) is 3.